The van der Waals surface area contributed by atoms with Crippen molar-refractivity contribution >= 4 is 17.4 Å². The first-order valence-corrected chi connectivity index (χ1v) is 9.22. The van der Waals surface area contributed by atoms with Gasteiger partial charge in [-0.1, -0.05) is 0 Å². The molecular weight excluding hydrogens is 336 g/mol. The van der Waals surface area contributed by atoms with Gasteiger partial charge in [0, 0.05) is 39.1 Å². The molecule has 2 saturated heterocycles. The number of ether oxygens (including phenoxy) is 2. The lowest BCUT2D eigenvalue weighted by Crippen LogP contribution is -2.40. The summed E-state index contributed by atoms with van der Waals surface area (Å²) < 4.78 is 12.6. The molecule has 1 amide bonds. The summed E-state index contributed by atoms with van der Waals surface area (Å²) in [5, 5.41) is 16.2. The van der Waals surface area contributed by atoms with Crippen molar-refractivity contribution in [3.8, 4) is 0 Å². The summed E-state index contributed by atoms with van der Waals surface area (Å²) in [6.45, 7) is 4.13. The van der Waals surface area contributed by atoms with Crippen LogP contribution >= 0.6 is 0 Å². The molecule has 4 rings (SSSR count). The number of carbonyl (C=O) groups excluding carboxylic acids is 1. The Kier molecular flexibility index (Phi) is 5.26. The number of nitrogens with one attached hydrogen (secondary N) is 1. The van der Waals surface area contributed by atoms with Gasteiger partial charge in [-0.15, -0.1) is 15.3 Å². The maximum absolute atomic E-state index is 12.3. The zero-order valence-corrected chi connectivity index (χ0v) is 14.8. The average Bonchev–Trinajstić information content (AvgIpc) is 3.34. The maximum Gasteiger partial charge on any atom is 0.223 e. The van der Waals surface area contributed by atoms with E-state index in [9.17, 15) is 4.79 Å². The Labute approximate surface area is 151 Å². The van der Waals surface area contributed by atoms with Crippen LogP contribution in [0.25, 0.3) is 5.65 Å². The monoisotopic (exact) mass is 360 g/mol. The second-order valence-corrected chi connectivity index (χ2v) is 6.61. The molecule has 2 aromatic heterocycles. The number of carbonyl (C=O) groups is 1. The predicted octanol–water partition coefficient (Wildman–Crippen LogP) is 0.507. The highest BCUT2D eigenvalue weighted by molar-refractivity contribution is 5.76. The minimum absolute atomic E-state index is 0.123. The number of fused-ring (bicyclic) bond motifs is 1. The molecule has 26 heavy (non-hydrogen) atoms. The van der Waals surface area contributed by atoms with Gasteiger partial charge in [0.25, 0.3) is 0 Å². The van der Waals surface area contributed by atoms with Crippen LogP contribution in [-0.2, 0) is 20.7 Å². The lowest BCUT2D eigenvalue weighted by atomic mass is 10.2. The van der Waals surface area contributed by atoms with E-state index in [1.807, 2.05) is 17.0 Å². The van der Waals surface area contributed by atoms with Crippen molar-refractivity contribution in [2.24, 2.45) is 0 Å². The second-order valence-electron chi connectivity index (χ2n) is 6.61. The minimum Gasteiger partial charge on any atom is -0.378 e. The first kappa shape index (κ1) is 17.2. The van der Waals surface area contributed by atoms with Crippen LogP contribution in [0.2, 0.25) is 0 Å². The van der Waals surface area contributed by atoms with Gasteiger partial charge in [0.2, 0.25) is 5.91 Å². The van der Waals surface area contributed by atoms with Crippen molar-refractivity contribution in [1.29, 1.82) is 0 Å². The van der Waals surface area contributed by atoms with Crippen molar-refractivity contribution in [3.63, 3.8) is 0 Å². The highest BCUT2D eigenvalue weighted by Crippen LogP contribution is 2.14. The summed E-state index contributed by atoms with van der Waals surface area (Å²) in [6.07, 6.45) is 3.36. The zero-order valence-electron chi connectivity index (χ0n) is 14.8. The quantitative estimate of drug-likeness (QED) is 0.802. The fraction of sp³-hybridized carbons (Fsp3) is 0.647. The van der Waals surface area contributed by atoms with Crippen molar-refractivity contribution in [2.45, 2.75) is 31.8 Å². The molecule has 1 atom stereocenters. The number of anilines is 1. The third-order valence-electron chi connectivity index (χ3n) is 4.79. The van der Waals surface area contributed by atoms with Crippen LogP contribution < -0.4 is 5.32 Å². The van der Waals surface area contributed by atoms with Crippen molar-refractivity contribution in [3.05, 3.63) is 18.0 Å². The number of nitrogens with zero attached hydrogens (tertiary/aromatic N) is 5. The van der Waals surface area contributed by atoms with Crippen LogP contribution in [0.4, 0.5) is 5.82 Å². The third kappa shape index (κ3) is 3.94. The van der Waals surface area contributed by atoms with E-state index in [4.69, 9.17) is 9.47 Å². The Bertz CT molecular complexity index is 752. The fourth-order valence-corrected chi connectivity index (χ4v) is 3.30. The zero-order chi connectivity index (χ0) is 17.8. The molecule has 9 heteroatoms. The van der Waals surface area contributed by atoms with Gasteiger partial charge in [-0.05, 0) is 25.0 Å². The summed E-state index contributed by atoms with van der Waals surface area (Å²) in [6, 6.07) is 3.77. The highest BCUT2D eigenvalue weighted by atomic mass is 16.5. The molecule has 2 aliphatic heterocycles. The molecule has 1 unspecified atom stereocenters. The molecule has 0 aliphatic carbocycles. The van der Waals surface area contributed by atoms with Gasteiger partial charge in [0.15, 0.2) is 11.5 Å². The Hall–Kier alpha value is -2.26. The molecule has 0 bridgehead atoms. The lowest BCUT2D eigenvalue weighted by molar-refractivity contribution is -0.135. The third-order valence-corrected chi connectivity index (χ3v) is 4.79. The van der Waals surface area contributed by atoms with Gasteiger partial charge in [-0.25, -0.2) is 0 Å². The number of morpholine rings is 1. The van der Waals surface area contributed by atoms with E-state index < -0.39 is 0 Å². The number of hydrogen-bond acceptors (Lipinski definition) is 7. The molecule has 9 nitrogen and oxygen atoms in total. The second kappa shape index (κ2) is 7.96. The van der Waals surface area contributed by atoms with Gasteiger partial charge in [-0.3, -0.25) is 4.79 Å². The summed E-state index contributed by atoms with van der Waals surface area (Å²) >= 11 is 0. The predicted molar refractivity (Wildman–Crippen MR) is 94.0 cm³/mol. The van der Waals surface area contributed by atoms with Crippen LogP contribution in [0, 0.1) is 0 Å². The lowest BCUT2D eigenvalue weighted by Gasteiger charge is -2.26. The van der Waals surface area contributed by atoms with E-state index in [0.29, 0.717) is 50.6 Å². The van der Waals surface area contributed by atoms with Crippen LogP contribution in [-0.4, -0.2) is 76.2 Å². The summed E-state index contributed by atoms with van der Waals surface area (Å²) in [5.41, 5.74) is 0.682. The normalized spacial score (nSPS) is 20.6. The molecule has 0 saturated carbocycles. The molecule has 2 aromatic rings. The van der Waals surface area contributed by atoms with Crippen molar-refractivity contribution < 1.29 is 14.3 Å². The Morgan fingerprint density at radius 2 is 2.12 bits per heavy atom. The number of aromatic nitrogens is 4. The molecule has 0 aromatic carbocycles. The summed E-state index contributed by atoms with van der Waals surface area (Å²) in [7, 11) is 0. The van der Waals surface area contributed by atoms with Gasteiger partial charge in [-0.2, -0.15) is 4.52 Å². The number of amides is 1. The van der Waals surface area contributed by atoms with Crippen LogP contribution in [0.1, 0.15) is 25.1 Å². The fourth-order valence-electron chi connectivity index (χ4n) is 3.30. The Morgan fingerprint density at radius 3 is 2.92 bits per heavy atom. The van der Waals surface area contributed by atoms with Crippen LogP contribution in [0.3, 0.4) is 0 Å². The molecule has 4 heterocycles. The van der Waals surface area contributed by atoms with E-state index in [0.717, 1.165) is 31.8 Å². The van der Waals surface area contributed by atoms with E-state index in [-0.39, 0.29) is 12.0 Å². The molecule has 2 fully saturated rings. The molecule has 140 valence electrons. The molecular formula is C17H24N6O3. The summed E-state index contributed by atoms with van der Waals surface area (Å²) in [4.78, 5) is 14.2. The van der Waals surface area contributed by atoms with E-state index in [1.165, 1.54) is 0 Å². The Morgan fingerprint density at radius 1 is 1.23 bits per heavy atom. The highest BCUT2D eigenvalue weighted by Gasteiger charge is 2.18. The van der Waals surface area contributed by atoms with E-state index in [1.54, 1.807) is 4.52 Å². The summed E-state index contributed by atoms with van der Waals surface area (Å²) in [5.74, 6) is 1.58. The van der Waals surface area contributed by atoms with Gasteiger partial charge in [0.05, 0.1) is 19.3 Å². The topological polar surface area (TPSA) is 93.9 Å². The van der Waals surface area contributed by atoms with E-state index in [2.05, 4.69) is 20.6 Å². The average molecular weight is 360 g/mol. The largest absolute Gasteiger partial charge is 0.378 e. The molecule has 0 spiro atoms. The molecule has 1 N–H and O–H groups in total. The number of hydrogen-bond donors (Lipinski definition) is 1. The van der Waals surface area contributed by atoms with Crippen molar-refractivity contribution in [1.82, 2.24) is 24.7 Å². The SMILES string of the molecule is O=C(CCc1nnc2ccc(NCC3CCCO3)nn12)N1CCOCC1. The Balaban J connectivity index is 1.38. The van der Waals surface area contributed by atoms with Gasteiger partial charge < -0.3 is 19.7 Å². The first-order chi connectivity index (χ1) is 12.8. The van der Waals surface area contributed by atoms with Gasteiger partial charge >= 0.3 is 0 Å². The van der Waals surface area contributed by atoms with Gasteiger partial charge in [0.1, 0.15) is 5.82 Å². The number of rotatable bonds is 6. The first-order valence-electron chi connectivity index (χ1n) is 9.22. The molecule has 2 aliphatic rings. The standard InChI is InChI=1S/C17H24N6O3/c24-17(22-7-10-25-11-8-22)6-5-16-20-19-15-4-3-14(21-23(15)16)18-12-13-2-1-9-26-13/h3-4,13H,1-2,5-12H2,(H,18,21). The van der Waals surface area contributed by atoms with Crippen LogP contribution in [0.5, 0.6) is 0 Å². The van der Waals surface area contributed by atoms with Crippen molar-refractivity contribution in [2.75, 3.05) is 44.8 Å². The van der Waals surface area contributed by atoms with Crippen LogP contribution in [0.15, 0.2) is 12.1 Å². The van der Waals surface area contributed by atoms with E-state index >= 15 is 0 Å². The maximum atomic E-state index is 12.3. The number of aryl methyl sites for hydroxylation is 1. The minimum atomic E-state index is 0.123. The smallest absolute Gasteiger partial charge is 0.223 e. The molecule has 0 radical (unpaired) electrons.